The van der Waals surface area contributed by atoms with Gasteiger partial charge in [-0.25, -0.2) is 0 Å². The Morgan fingerprint density at radius 3 is 1.79 bits per heavy atom. The van der Waals surface area contributed by atoms with E-state index in [2.05, 4.69) is 13.8 Å². The summed E-state index contributed by atoms with van der Waals surface area (Å²) in [6.07, 6.45) is 14.8. The molecule has 0 heteroatoms. The van der Waals surface area contributed by atoms with Crippen LogP contribution in [0.15, 0.2) is 0 Å². The average Bonchev–Trinajstić information content (AvgIpc) is 2.16. The molecule has 0 saturated heterocycles. The molecule has 84 valence electrons. The molecule has 1 rings (SSSR count). The highest BCUT2D eigenvalue weighted by Crippen LogP contribution is 2.40. The van der Waals surface area contributed by atoms with Gasteiger partial charge in [-0.05, 0) is 24.7 Å². The Balaban J connectivity index is 1.96. The van der Waals surface area contributed by atoms with E-state index in [0.717, 1.165) is 11.8 Å². The van der Waals surface area contributed by atoms with Crippen LogP contribution in [0.3, 0.4) is 0 Å². The molecular formula is C14H28. The van der Waals surface area contributed by atoms with Crippen LogP contribution in [0, 0.1) is 11.8 Å². The highest BCUT2D eigenvalue weighted by molar-refractivity contribution is 4.80. The third kappa shape index (κ3) is 4.02. The van der Waals surface area contributed by atoms with Crippen LogP contribution in [0.1, 0.15) is 78.1 Å². The van der Waals surface area contributed by atoms with Gasteiger partial charge in [-0.15, -0.1) is 0 Å². The Bertz CT molecular complexity index is 128. The van der Waals surface area contributed by atoms with Crippen molar-refractivity contribution in [1.82, 2.24) is 0 Å². The molecule has 14 heavy (non-hydrogen) atoms. The first-order valence-corrected chi connectivity index (χ1v) is 6.88. The molecule has 1 fully saturated rings. The molecule has 0 nitrogen and oxygen atoms in total. The van der Waals surface area contributed by atoms with E-state index in [-0.39, 0.29) is 0 Å². The fourth-order valence-corrected chi connectivity index (χ4v) is 2.70. The second kappa shape index (κ2) is 7.31. The molecule has 0 heterocycles. The number of rotatable bonds is 8. The van der Waals surface area contributed by atoms with Crippen LogP contribution in [0.2, 0.25) is 0 Å². The largest absolute Gasteiger partial charge is 0.0654 e. The lowest BCUT2D eigenvalue weighted by Gasteiger charge is -2.37. The Labute approximate surface area is 90.5 Å². The smallest absolute Gasteiger partial charge is 0.0386 e. The molecule has 0 aromatic rings. The Morgan fingerprint density at radius 1 is 0.714 bits per heavy atom. The molecule has 1 aliphatic rings. The first-order valence-electron chi connectivity index (χ1n) is 6.88. The first kappa shape index (κ1) is 12.1. The molecule has 0 aliphatic heterocycles. The second-order valence-electron chi connectivity index (χ2n) is 5.09. The van der Waals surface area contributed by atoms with Crippen LogP contribution in [0.5, 0.6) is 0 Å². The van der Waals surface area contributed by atoms with Gasteiger partial charge in [0.1, 0.15) is 0 Å². The van der Waals surface area contributed by atoms with Crippen molar-refractivity contribution in [2.75, 3.05) is 0 Å². The minimum Gasteiger partial charge on any atom is -0.0654 e. The van der Waals surface area contributed by atoms with E-state index in [1.54, 1.807) is 12.8 Å². The Hall–Kier alpha value is 0. The van der Waals surface area contributed by atoms with Crippen LogP contribution in [-0.4, -0.2) is 0 Å². The monoisotopic (exact) mass is 196 g/mol. The van der Waals surface area contributed by atoms with Gasteiger partial charge in [-0.1, -0.05) is 65.2 Å². The lowest BCUT2D eigenvalue weighted by atomic mass is 9.69. The minimum absolute atomic E-state index is 1.12. The van der Waals surface area contributed by atoms with Gasteiger partial charge in [0.2, 0.25) is 0 Å². The van der Waals surface area contributed by atoms with Gasteiger partial charge < -0.3 is 0 Å². The second-order valence-corrected chi connectivity index (χ2v) is 5.09. The molecule has 2 atom stereocenters. The van der Waals surface area contributed by atoms with Crippen LogP contribution in [0.4, 0.5) is 0 Å². The predicted octanol–water partition coefficient (Wildman–Crippen LogP) is 5.17. The fourth-order valence-electron chi connectivity index (χ4n) is 2.70. The summed E-state index contributed by atoms with van der Waals surface area (Å²) in [6, 6.07) is 0. The zero-order chi connectivity index (χ0) is 10.2. The quantitative estimate of drug-likeness (QED) is 0.470. The molecule has 0 N–H and O–H groups in total. The van der Waals surface area contributed by atoms with Gasteiger partial charge in [0, 0.05) is 0 Å². The molecule has 1 aliphatic carbocycles. The van der Waals surface area contributed by atoms with Crippen LogP contribution >= 0.6 is 0 Å². The maximum Gasteiger partial charge on any atom is -0.0386 e. The Morgan fingerprint density at radius 2 is 1.29 bits per heavy atom. The van der Waals surface area contributed by atoms with Gasteiger partial charge in [-0.2, -0.15) is 0 Å². The SMILES string of the molecule is CCCCCCC1CCC1CCCC. The van der Waals surface area contributed by atoms with Crippen molar-refractivity contribution < 1.29 is 0 Å². The summed E-state index contributed by atoms with van der Waals surface area (Å²) >= 11 is 0. The molecule has 0 aromatic carbocycles. The zero-order valence-electron chi connectivity index (χ0n) is 10.2. The van der Waals surface area contributed by atoms with Crippen molar-refractivity contribution >= 4 is 0 Å². The van der Waals surface area contributed by atoms with Crippen LogP contribution in [-0.2, 0) is 0 Å². The van der Waals surface area contributed by atoms with Gasteiger partial charge >= 0.3 is 0 Å². The van der Waals surface area contributed by atoms with E-state index in [1.807, 2.05) is 0 Å². The van der Waals surface area contributed by atoms with E-state index in [9.17, 15) is 0 Å². The van der Waals surface area contributed by atoms with E-state index in [0.29, 0.717) is 0 Å². The number of hydrogen-bond acceptors (Lipinski definition) is 0. The predicted molar refractivity (Wildman–Crippen MR) is 64.5 cm³/mol. The highest BCUT2D eigenvalue weighted by atomic mass is 14.3. The molecule has 0 spiro atoms. The summed E-state index contributed by atoms with van der Waals surface area (Å²) in [7, 11) is 0. The fraction of sp³-hybridized carbons (Fsp3) is 1.00. The maximum absolute atomic E-state index is 2.31. The summed E-state index contributed by atoms with van der Waals surface area (Å²) in [6.45, 7) is 4.61. The lowest BCUT2D eigenvalue weighted by molar-refractivity contribution is 0.146. The van der Waals surface area contributed by atoms with Gasteiger partial charge in [-0.3, -0.25) is 0 Å². The summed E-state index contributed by atoms with van der Waals surface area (Å²) < 4.78 is 0. The topological polar surface area (TPSA) is 0 Å². The maximum atomic E-state index is 2.31. The highest BCUT2D eigenvalue weighted by Gasteiger charge is 2.28. The van der Waals surface area contributed by atoms with Gasteiger partial charge in [0.25, 0.3) is 0 Å². The molecule has 2 unspecified atom stereocenters. The summed E-state index contributed by atoms with van der Waals surface area (Å²) in [4.78, 5) is 0. The zero-order valence-corrected chi connectivity index (χ0v) is 10.2. The van der Waals surface area contributed by atoms with Crippen molar-refractivity contribution in [2.24, 2.45) is 11.8 Å². The summed E-state index contributed by atoms with van der Waals surface area (Å²) in [5, 5.41) is 0. The molecule has 1 saturated carbocycles. The number of hydrogen-bond donors (Lipinski definition) is 0. The van der Waals surface area contributed by atoms with E-state index < -0.39 is 0 Å². The van der Waals surface area contributed by atoms with Gasteiger partial charge in [0.15, 0.2) is 0 Å². The third-order valence-corrected chi connectivity index (χ3v) is 3.93. The lowest BCUT2D eigenvalue weighted by Crippen LogP contribution is -2.25. The van der Waals surface area contributed by atoms with Crippen LogP contribution in [0.25, 0.3) is 0 Å². The van der Waals surface area contributed by atoms with Crippen molar-refractivity contribution in [3.63, 3.8) is 0 Å². The standard InChI is InChI=1S/C14H28/c1-3-5-7-8-10-14-12-11-13(14)9-6-4-2/h13-14H,3-12H2,1-2H3. The minimum atomic E-state index is 1.12. The molecule has 0 bridgehead atoms. The Kier molecular flexibility index (Phi) is 6.31. The van der Waals surface area contributed by atoms with Crippen molar-refractivity contribution in [3.05, 3.63) is 0 Å². The van der Waals surface area contributed by atoms with E-state index >= 15 is 0 Å². The first-order chi connectivity index (χ1) is 6.88. The van der Waals surface area contributed by atoms with Crippen molar-refractivity contribution in [1.29, 1.82) is 0 Å². The van der Waals surface area contributed by atoms with E-state index in [4.69, 9.17) is 0 Å². The molecule has 0 aromatic heterocycles. The molecule has 0 amide bonds. The normalized spacial score (nSPS) is 26.1. The average molecular weight is 196 g/mol. The molecular weight excluding hydrogens is 168 g/mol. The summed E-state index contributed by atoms with van der Waals surface area (Å²) in [5.74, 6) is 2.25. The van der Waals surface area contributed by atoms with Crippen LogP contribution < -0.4 is 0 Å². The number of unbranched alkanes of at least 4 members (excludes halogenated alkanes) is 4. The van der Waals surface area contributed by atoms with E-state index in [1.165, 1.54) is 51.4 Å². The summed E-state index contributed by atoms with van der Waals surface area (Å²) in [5.41, 5.74) is 0. The molecule has 0 radical (unpaired) electrons. The van der Waals surface area contributed by atoms with Crippen molar-refractivity contribution in [3.8, 4) is 0 Å². The third-order valence-electron chi connectivity index (χ3n) is 3.93. The van der Waals surface area contributed by atoms with Gasteiger partial charge in [0.05, 0.1) is 0 Å². The van der Waals surface area contributed by atoms with Crippen molar-refractivity contribution in [2.45, 2.75) is 78.1 Å².